The Bertz CT molecular complexity index is 943. The fraction of sp³-hybridized carbons (Fsp3) is 0.217. The van der Waals surface area contributed by atoms with Gasteiger partial charge in [-0.05, 0) is 62.1 Å². The zero-order valence-corrected chi connectivity index (χ0v) is 17.4. The molecule has 3 aromatic rings. The molecule has 0 fully saturated rings. The van der Waals surface area contributed by atoms with Crippen LogP contribution in [0.5, 0.6) is 0 Å². The molecule has 2 N–H and O–H groups in total. The van der Waals surface area contributed by atoms with E-state index in [0.29, 0.717) is 16.3 Å². The standard InChI is InChI=1S/C23H25ClN4O/c1-28(2)14-13-25-16-17-6-8-18(9-7-17)23(29)27-19-10-11-21(24)20(15-19)22-5-3-4-12-26-22/h3-12,15,25H,13-14,16H2,1-2H3,(H,27,29). The summed E-state index contributed by atoms with van der Waals surface area (Å²) in [6.45, 7) is 2.69. The lowest BCUT2D eigenvalue weighted by Gasteiger charge is -2.11. The number of carbonyl (C=O) groups excluding carboxylic acids is 1. The number of nitrogens with one attached hydrogen (secondary N) is 2. The maximum atomic E-state index is 12.6. The van der Waals surface area contributed by atoms with Crippen LogP contribution < -0.4 is 10.6 Å². The molecule has 5 nitrogen and oxygen atoms in total. The number of anilines is 1. The molecule has 150 valence electrons. The Morgan fingerprint density at radius 2 is 1.86 bits per heavy atom. The molecular formula is C23H25ClN4O. The van der Waals surface area contributed by atoms with Crippen molar-refractivity contribution in [3.05, 3.63) is 83.0 Å². The SMILES string of the molecule is CN(C)CCNCc1ccc(C(=O)Nc2ccc(Cl)c(-c3ccccn3)c2)cc1. The summed E-state index contributed by atoms with van der Waals surface area (Å²) in [5.41, 5.74) is 3.97. The predicted molar refractivity (Wildman–Crippen MR) is 119 cm³/mol. The minimum absolute atomic E-state index is 0.161. The maximum absolute atomic E-state index is 12.6. The molecule has 0 radical (unpaired) electrons. The Morgan fingerprint density at radius 1 is 1.07 bits per heavy atom. The molecule has 0 unspecified atom stereocenters. The van der Waals surface area contributed by atoms with E-state index in [4.69, 9.17) is 11.6 Å². The van der Waals surface area contributed by atoms with Gasteiger partial charge in [0.1, 0.15) is 0 Å². The van der Waals surface area contributed by atoms with Gasteiger partial charge in [-0.2, -0.15) is 0 Å². The van der Waals surface area contributed by atoms with Crippen LogP contribution in [0.2, 0.25) is 5.02 Å². The molecule has 29 heavy (non-hydrogen) atoms. The van der Waals surface area contributed by atoms with Gasteiger partial charge in [0, 0.05) is 42.6 Å². The van der Waals surface area contributed by atoms with Crippen molar-refractivity contribution < 1.29 is 4.79 Å². The Morgan fingerprint density at radius 3 is 2.55 bits per heavy atom. The molecule has 6 heteroatoms. The molecule has 0 aliphatic heterocycles. The van der Waals surface area contributed by atoms with Crippen LogP contribution in [0, 0.1) is 0 Å². The summed E-state index contributed by atoms with van der Waals surface area (Å²) >= 11 is 6.31. The van der Waals surface area contributed by atoms with E-state index in [1.807, 2.05) is 48.5 Å². The first kappa shape index (κ1) is 21.0. The number of amides is 1. The highest BCUT2D eigenvalue weighted by Gasteiger charge is 2.10. The van der Waals surface area contributed by atoms with Crippen molar-refractivity contribution in [3.63, 3.8) is 0 Å². The van der Waals surface area contributed by atoms with E-state index in [1.54, 1.807) is 18.3 Å². The van der Waals surface area contributed by atoms with Crippen LogP contribution in [0.15, 0.2) is 66.9 Å². The van der Waals surface area contributed by atoms with Crippen LogP contribution in [-0.4, -0.2) is 43.0 Å². The summed E-state index contributed by atoms with van der Waals surface area (Å²) < 4.78 is 0. The topological polar surface area (TPSA) is 57.3 Å². The lowest BCUT2D eigenvalue weighted by Crippen LogP contribution is -2.26. The van der Waals surface area contributed by atoms with Gasteiger partial charge in [-0.1, -0.05) is 29.8 Å². The van der Waals surface area contributed by atoms with Crippen LogP contribution in [-0.2, 0) is 6.54 Å². The first-order valence-electron chi connectivity index (χ1n) is 9.49. The van der Waals surface area contributed by atoms with Crippen molar-refractivity contribution in [3.8, 4) is 11.3 Å². The number of carbonyl (C=O) groups is 1. The highest BCUT2D eigenvalue weighted by molar-refractivity contribution is 6.33. The van der Waals surface area contributed by atoms with Gasteiger partial charge in [-0.3, -0.25) is 9.78 Å². The van der Waals surface area contributed by atoms with Gasteiger partial charge in [0.25, 0.3) is 5.91 Å². The van der Waals surface area contributed by atoms with Gasteiger partial charge < -0.3 is 15.5 Å². The van der Waals surface area contributed by atoms with Gasteiger partial charge in [0.05, 0.1) is 10.7 Å². The zero-order chi connectivity index (χ0) is 20.6. The molecule has 0 spiro atoms. The molecule has 0 aliphatic carbocycles. The number of rotatable bonds is 8. The lowest BCUT2D eigenvalue weighted by atomic mass is 10.1. The summed E-state index contributed by atoms with van der Waals surface area (Å²) in [4.78, 5) is 19.1. The molecule has 3 rings (SSSR count). The number of aromatic nitrogens is 1. The van der Waals surface area contributed by atoms with Crippen molar-refractivity contribution in [2.45, 2.75) is 6.54 Å². The third-order valence-corrected chi connectivity index (χ3v) is 4.78. The molecule has 1 heterocycles. The minimum Gasteiger partial charge on any atom is -0.322 e. The van der Waals surface area contributed by atoms with E-state index < -0.39 is 0 Å². The Hall–Kier alpha value is -2.73. The van der Waals surface area contributed by atoms with Crippen molar-refractivity contribution in [2.75, 3.05) is 32.5 Å². The fourth-order valence-electron chi connectivity index (χ4n) is 2.83. The van der Waals surface area contributed by atoms with Gasteiger partial charge in [-0.25, -0.2) is 0 Å². The average Bonchev–Trinajstić information content (AvgIpc) is 2.73. The quantitative estimate of drug-likeness (QED) is 0.545. The molecule has 1 amide bonds. The average molecular weight is 409 g/mol. The van der Waals surface area contributed by atoms with Gasteiger partial charge in [-0.15, -0.1) is 0 Å². The molecule has 0 bridgehead atoms. The highest BCUT2D eigenvalue weighted by Crippen LogP contribution is 2.29. The fourth-order valence-corrected chi connectivity index (χ4v) is 3.05. The molecular weight excluding hydrogens is 384 g/mol. The van der Waals surface area contributed by atoms with Crippen molar-refractivity contribution in [1.82, 2.24) is 15.2 Å². The summed E-state index contributed by atoms with van der Waals surface area (Å²) in [5.74, 6) is -0.161. The Kier molecular flexibility index (Phi) is 7.36. The second-order valence-electron chi connectivity index (χ2n) is 7.04. The second kappa shape index (κ2) is 10.2. The predicted octanol–water partition coefficient (Wildman–Crippen LogP) is 4.31. The summed E-state index contributed by atoms with van der Waals surface area (Å²) in [6.07, 6.45) is 1.72. The van der Waals surface area contributed by atoms with Crippen LogP contribution in [0.25, 0.3) is 11.3 Å². The van der Waals surface area contributed by atoms with E-state index >= 15 is 0 Å². The minimum atomic E-state index is -0.161. The number of likely N-dealkylation sites (N-methyl/N-ethyl adjacent to an activating group) is 1. The monoisotopic (exact) mass is 408 g/mol. The van der Waals surface area contributed by atoms with Crippen LogP contribution in [0.4, 0.5) is 5.69 Å². The molecule has 0 saturated heterocycles. The van der Waals surface area contributed by atoms with Gasteiger partial charge in [0.15, 0.2) is 0 Å². The highest BCUT2D eigenvalue weighted by atomic mass is 35.5. The van der Waals surface area contributed by atoms with Crippen molar-refractivity contribution in [1.29, 1.82) is 0 Å². The third kappa shape index (κ3) is 6.12. The van der Waals surface area contributed by atoms with E-state index in [1.165, 1.54) is 0 Å². The Labute approximate surface area is 176 Å². The van der Waals surface area contributed by atoms with Crippen molar-refractivity contribution in [2.24, 2.45) is 0 Å². The van der Waals surface area contributed by atoms with Gasteiger partial charge in [0.2, 0.25) is 0 Å². The number of halogens is 1. The summed E-state index contributed by atoms with van der Waals surface area (Å²) in [7, 11) is 4.10. The normalized spacial score (nSPS) is 10.9. The van der Waals surface area contributed by atoms with Gasteiger partial charge >= 0.3 is 0 Å². The first-order chi connectivity index (χ1) is 14.0. The Balaban J connectivity index is 1.63. The van der Waals surface area contributed by atoms with Crippen LogP contribution in [0.1, 0.15) is 15.9 Å². The third-order valence-electron chi connectivity index (χ3n) is 4.45. The van der Waals surface area contributed by atoms with Crippen LogP contribution in [0.3, 0.4) is 0 Å². The van der Waals surface area contributed by atoms with E-state index in [0.717, 1.165) is 36.5 Å². The number of hydrogen-bond acceptors (Lipinski definition) is 4. The van der Waals surface area contributed by atoms with E-state index in [9.17, 15) is 4.79 Å². The number of hydrogen-bond donors (Lipinski definition) is 2. The molecule has 0 aliphatic rings. The summed E-state index contributed by atoms with van der Waals surface area (Å²) in [6, 6.07) is 18.7. The lowest BCUT2D eigenvalue weighted by molar-refractivity contribution is 0.102. The molecule has 1 aromatic heterocycles. The second-order valence-corrected chi connectivity index (χ2v) is 7.45. The zero-order valence-electron chi connectivity index (χ0n) is 16.7. The number of benzene rings is 2. The maximum Gasteiger partial charge on any atom is 0.255 e. The molecule has 2 aromatic carbocycles. The van der Waals surface area contributed by atoms with E-state index in [2.05, 4.69) is 34.6 Å². The first-order valence-corrected chi connectivity index (χ1v) is 9.87. The molecule has 0 atom stereocenters. The van der Waals surface area contributed by atoms with Crippen LogP contribution >= 0.6 is 11.6 Å². The van der Waals surface area contributed by atoms with Crippen molar-refractivity contribution >= 4 is 23.2 Å². The largest absolute Gasteiger partial charge is 0.322 e. The number of nitrogens with zero attached hydrogens (tertiary/aromatic N) is 2. The summed E-state index contributed by atoms with van der Waals surface area (Å²) in [5, 5.41) is 6.91. The van der Waals surface area contributed by atoms with E-state index in [-0.39, 0.29) is 5.91 Å². The number of pyridine rings is 1. The smallest absolute Gasteiger partial charge is 0.255 e. The molecule has 0 saturated carbocycles.